The average molecular weight is 299 g/mol. The van der Waals surface area contributed by atoms with Crippen molar-refractivity contribution in [1.82, 2.24) is 4.90 Å². The molecule has 2 rings (SSSR count). The lowest BCUT2D eigenvalue weighted by Gasteiger charge is -2.21. The molecule has 2 aromatic rings. The molecule has 0 aliphatic heterocycles. The molecule has 118 valence electrons. The van der Waals surface area contributed by atoms with E-state index in [-0.39, 0.29) is 5.75 Å². The van der Waals surface area contributed by atoms with Crippen LogP contribution in [0.5, 0.6) is 11.5 Å². The standard InChI is InChI=1S/C19H25NO2/c1-4-15-6-8-16(9-7-15)13-20(5-2)14-17-10-11-19(22-3)18(21)12-17/h6-12,21H,4-5,13-14H2,1-3H3. The maximum absolute atomic E-state index is 9.88. The molecule has 0 heterocycles. The van der Waals surface area contributed by atoms with Gasteiger partial charge in [0, 0.05) is 13.1 Å². The van der Waals surface area contributed by atoms with Gasteiger partial charge in [0.15, 0.2) is 11.5 Å². The van der Waals surface area contributed by atoms with E-state index in [1.165, 1.54) is 11.1 Å². The predicted molar refractivity (Wildman–Crippen MR) is 90.3 cm³/mol. The molecule has 22 heavy (non-hydrogen) atoms. The van der Waals surface area contributed by atoms with E-state index in [1.807, 2.05) is 12.1 Å². The lowest BCUT2D eigenvalue weighted by Crippen LogP contribution is -2.22. The van der Waals surface area contributed by atoms with Crippen molar-refractivity contribution in [1.29, 1.82) is 0 Å². The first-order valence-corrected chi connectivity index (χ1v) is 7.82. The van der Waals surface area contributed by atoms with Crippen LogP contribution in [0.4, 0.5) is 0 Å². The minimum atomic E-state index is 0.198. The number of benzene rings is 2. The summed E-state index contributed by atoms with van der Waals surface area (Å²) in [5, 5.41) is 9.88. The van der Waals surface area contributed by atoms with E-state index < -0.39 is 0 Å². The summed E-state index contributed by atoms with van der Waals surface area (Å²) < 4.78 is 5.09. The molecule has 0 aromatic heterocycles. The highest BCUT2D eigenvalue weighted by Crippen LogP contribution is 2.27. The topological polar surface area (TPSA) is 32.7 Å². The predicted octanol–water partition coefficient (Wildman–Crippen LogP) is 3.99. The fourth-order valence-corrected chi connectivity index (χ4v) is 2.51. The number of nitrogens with zero attached hydrogens (tertiary/aromatic N) is 1. The highest BCUT2D eigenvalue weighted by atomic mass is 16.5. The number of aryl methyl sites for hydroxylation is 1. The zero-order valence-corrected chi connectivity index (χ0v) is 13.7. The smallest absolute Gasteiger partial charge is 0.160 e. The number of hydrogen-bond acceptors (Lipinski definition) is 3. The Balaban J connectivity index is 2.03. The Labute approximate surface area is 133 Å². The van der Waals surface area contributed by atoms with Crippen LogP contribution in [-0.4, -0.2) is 23.7 Å². The fourth-order valence-electron chi connectivity index (χ4n) is 2.51. The van der Waals surface area contributed by atoms with Gasteiger partial charge in [0.25, 0.3) is 0 Å². The minimum absolute atomic E-state index is 0.198. The third kappa shape index (κ3) is 4.25. The fraction of sp³-hybridized carbons (Fsp3) is 0.368. The van der Waals surface area contributed by atoms with Crippen molar-refractivity contribution in [2.75, 3.05) is 13.7 Å². The Kier molecular flexibility index (Phi) is 5.84. The number of rotatable bonds is 7. The quantitative estimate of drug-likeness (QED) is 0.839. The molecular weight excluding hydrogens is 274 g/mol. The summed E-state index contributed by atoms with van der Waals surface area (Å²) >= 11 is 0. The van der Waals surface area contributed by atoms with E-state index in [9.17, 15) is 5.11 Å². The van der Waals surface area contributed by atoms with Crippen LogP contribution < -0.4 is 4.74 Å². The Hall–Kier alpha value is -2.00. The molecule has 0 saturated heterocycles. The van der Waals surface area contributed by atoms with Crippen molar-refractivity contribution >= 4 is 0 Å². The molecule has 0 aliphatic rings. The molecule has 1 N–H and O–H groups in total. The molecule has 0 atom stereocenters. The zero-order valence-electron chi connectivity index (χ0n) is 13.7. The van der Waals surface area contributed by atoms with Gasteiger partial charge in [-0.05, 0) is 41.8 Å². The largest absolute Gasteiger partial charge is 0.504 e. The molecular formula is C19H25NO2. The zero-order chi connectivity index (χ0) is 15.9. The maximum atomic E-state index is 9.88. The highest BCUT2D eigenvalue weighted by Gasteiger charge is 2.08. The second-order valence-electron chi connectivity index (χ2n) is 5.48. The molecule has 0 aliphatic carbocycles. The van der Waals surface area contributed by atoms with Crippen LogP contribution in [0.15, 0.2) is 42.5 Å². The SMILES string of the molecule is CCc1ccc(CN(CC)Cc2ccc(OC)c(O)c2)cc1. The lowest BCUT2D eigenvalue weighted by atomic mass is 10.1. The first-order valence-electron chi connectivity index (χ1n) is 7.82. The number of aromatic hydroxyl groups is 1. The highest BCUT2D eigenvalue weighted by molar-refractivity contribution is 5.41. The van der Waals surface area contributed by atoms with Crippen molar-refractivity contribution in [3.63, 3.8) is 0 Å². The molecule has 0 spiro atoms. The first-order chi connectivity index (χ1) is 10.7. The molecule has 0 unspecified atom stereocenters. The molecule has 0 amide bonds. The third-order valence-corrected chi connectivity index (χ3v) is 3.93. The Morgan fingerprint density at radius 2 is 1.50 bits per heavy atom. The first kappa shape index (κ1) is 16.4. The van der Waals surface area contributed by atoms with Crippen molar-refractivity contribution in [2.45, 2.75) is 33.4 Å². The Morgan fingerprint density at radius 1 is 0.909 bits per heavy atom. The summed E-state index contributed by atoms with van der Waals surface area (Å²) in [7, 11) is 1.56. The van der Waals surface area contributed by atoms with Crippen LogP contribution in [-0.2, 0) is 19.5 Å². The van der Waals surface area contributed by atoms with Gasteiger partial charge in [-0.15, -0.1) is 0 Å². The summed E-state index contributed by atoms with van der Waals surface area (Å²) in [6, 6.07) is 14.4. The number of methoxy groups -OCH3 is 1. The van der Waals surface area contributed by atoms with Gasteiger partial charge in [0.1, 0.15) is 0 Å². The van der Waals surface area contributed by atoms with Crippen molar-refractivity contribution < 1.29 is 9.84 Å². The van der Waals surface area contributed by atoms with Crippen LogP contribution in [0.2, 0.25) is 0 Å². The monoisotopic (exact) mass is 299 g/mol. The number of hydrogen-bond donors (Lipinski definition) is 1. The summed E-state index contributed by atoms with van der Waals surface area (Å²) in [5.41, 5.74) is 3.77. The van der Waals surface area contributed by atoms with E-state index in [2.05, 4.69) is 43.0 Å². The summed E-state index contributed by atoms with van der Waals surface area (Å²) in [5.74, 6) is 0.713. The molecule has 3 nitrogen and oxygen atoms in total. The van der Waals surface area contributed by atoms with Crippen LogP contribution in [0.25, 0.3) is 0 Å². The number of phenols is 1. The summed E-state index contributed by atoms with van der Waals surface area (Å²) in [4.78, 5) is 2.35. The van der Waals surface area contributed by atoms with Gasteiger partial charge in [0.05, 0.1) is 7.11 Å². The van der Waals surface area contributed by atoms with E-state index >= 15 is 0 Å². The summed E-state index contributed by atoms with van der Waals surface area (Å²) in [6.45, 7) is 7.01. The van der Waals surface area contributed by atoms with E-state index in [1.54, 1.807) is 13.2 Å². The van der Waals surface area contributed by atoms with Crippen LogP contribution in [0.3, 0.4) is 0 Å². The van der Waals surface area contributed by atoms with Gasteiger partial charge in [-0.25, -0.2) is 0 Å². The molecule has 0 fully saturated rings. The molecule has 0 bridgehead atoms. The van der Waals surface area contributed by atoms with Gasteiger partial charge in [0.2, 0.25) is 0 Å². The van der Waals surface area contributed by atoms with Gasteiger partial charge in [-0.2, -0.15) is 0 Å². The average Bonchev–Trinajstić information content (AvgIpc) is 2.55. The third-order valence-electron chi connectivity index (χ3n) is 3.93. The minimum Gasteiger partial charge on any atom is -0.504 e. The van der Waals surface area contributed by atoms with Crippen LogP contribution in [0, 0.1) is 0 Å². The van der Waals surface area contributed by atoms with Gasteiger partial charge < -0.3 is 9.84 Å². The number of ether oxygens (including phenoxy) is 1. The van der Waals surface area contributed by atoms with Crippen LogP contribution >= 0.6 is 0 Å². The summed E-state index contributed by atoms with van der Waals surface area (Å²) in [6.07, 6.45) is 1.07. The normalized spacial score (nSPS) is 10.9. The second-order valence-corrected chi connectivity index (χ2v) is 5.48. The molecule has 2 aromatic carbocycles. The second kappa shape index (κ2) is 7.85. The lowest BCUT2D eigenvalue weighted by molar-refractivity contribution is 0.270. The van der Waals surface area contributed by atoms with Crippen molar-refractivity contribution in [3.8, 4) is 11.5 Å². The maximum Gasteiger partial charge on any atom is 0.160 e. The van der Waals surface area contributed by atoms with Crippen molar-refractivity contribution in [3.05, 3.63) is 59.2 Å². The van der Waals surface area contributed by atoms with E-state index in [0.29, 0.717) is 5.75 Å². The van der Waals surface area contributed by atoms with E-state index in [0.717, 1.165) is 31.6 Å². The van der Waals surface area contributed by atoms with Crippen LogP contribution in [0.1, 0.15) is 30.5 Å². The van der Waals surface area contributed by atoms with Crippen molar-refractivity contribution in [2.24, 2.45) is 0 Å². The van der Waals surface area contributed by atoms with E-state index in [4.69, 9.17) is 4.74 Å². The Morgan fingerprint density at radius 3 is 2.05 bits per heavy atom. The molecule has 0 radical (unpaired) electrons. The van der Waals surface area contributed by atoms with Gasteiger partial charge in [-0.3, -0.25) is 4.90 Å². The van der Waals surface area contributed by atoms with Gasteiger partial charge in [-0.1, -0.05) is 44.2 Å². The molecule has 3 heteroatoms. The van der Waals surface area contributed by atoms with Gasteiger partial charge >= 0.3 is 0 Å². The molecule has 0 saturated carbocycles. The number of phenolic OH excluding ortho intramolecular Hbond substituents is 1. The Bertz CT molecular complexity index is 593.